The first-order valence-corrected chi connectivity index (χ1v) is 6.63. The van der Waals surface area contributed by atoms with Crippen molar-refractivity contribution in [2.45, 2.75) is 63.8 Å². The number of amides is 1. The molecule has 3 heteroatoms. The minimum Gasteiger partial charge on any atom is -0.355 e. The van der Waals surface area contributed by atoms with Gasteiger partial charge in [-0.2, -0.15) is 0 Å². The van der Waals surface area contributed by atoms with Gasteiger partial charge in [0.15, 0.2) is 0 Å². The van der Waals surface area contributed by atoms with E-state index in [-0.39, 0.29) is 11.4 Å². The Morgan fingerprint density at radius 2 is 1.88 bits per heavy atom. The van der Waals surface area contributed by atoms with Gasteiger partial charge in [0.1, 0.15) is 0 Å². The van der Waals surface area contributed by atoms with Gasteiger partial charge >= 0.3 is 0 Å². The van der Waals surface area contributed by atoms with Crippen molar-refractivity contribution in [2.24, 2.45) is 11.1 Å². The molecule has 2 rings (SSSR count). The maximum atomic E-state index is 11.8. The molecule has 0 radical (unpaired) electrons. The Bertz CT molecular complexity index is 262. The summed E-state index contributed by atoms with van der Waals surface area (Å²) in [6.07, 6.45) is 8.79. The number of hydrogen-bond acceptors (Lipinski definition) is 2. The van der Waals surface area contributed by atoms with Gasteiger partial charge < -0.3 is 11.1 Å². The zero-order valence-corrected chi connectivity index (χ0v) is 10.3. The van der Waals surface area contributed by atoms with E-state index in [2.05, 4.69) is 12.2 Å². The Balaban J connectivity index is 1.71. The van der Waals surface area contributed by atoms with Crippen molar-refractivity contribution in [1.82, 2.24) is 5.32 Å². The second-order valence-corrected chi connectivity index (χ2v) is 5.88. The Morgan fingerprint density at radius 3 is 2.25 bits per heavy atom. The fourth-order valence-electron chi connectivity index (χ4n) is 2.81. The predicted octanol–water partition coefficient (Wildman–Crippen LogP) is 1.95. The molecule has 0 aromatic carbocycles. The first kappa shape index (κ1) is 11.9. The summed E-state index contributed by atoms with van der Waals surface area (Å²) in [4.78, 5) is 11.8. The molecular formula is C13H24N2O. The van der Waals surface area contributed by atoms with Gasteiger partial charge in [0.05, 0.1) is 0 Å². The van der Waals surface area contributed by atoms with Crippen LogP contribution >= 0.6 is 0 Å². The first-order valence-electron chi connectivity index (χ1n) is 6.63. The lowest BCUT2D eigenvalue weighted by Gasteiger charge is -2.42. The third-order valence-electron chi connectivity index (χ3n) is 4.69. The Morgan fingerprint density at radius 1 is 1.25 bits per heavy atom. The number of carbonyl (C=O) groups excluding carboxylic acids is 1. The van der Waals surface area contributed by atoms with Crippen molar-refractivity contribution >= 4 is 5.91 Å². The monoisotopic (exact) mass is 224 g/mol. The maximum absolute atomic E-state index is 11.8. The van der Waals surface area contributed by atoms with Crippen LogP contribution in [0.4, 0.5) is 0 Å². The summed E-state index contributed by atoms with van der Waals surface area (Å²) in [7, 11) is 0. The summed E-state index contributed by atoms with van der Waals surface area (Å²) in [5.74, 6) is 0.155. The smallest absolute Gasteiger partial charge is 0.221 e. The van der Waals surface area contributed by atoms with Gasteiger partial charge in [0.2, 0.25) is 5.91 Å². The van der Waals surface area contributed by atoms with E-state index in [0.29, 0.717) is 11.8 Å². The summed E-state index contributed by atoms with van der Waals surface area (Å²) in [6, 6.07) is 0. The van der Waals surface area contributed by atoms with Crippen molar-refractivity contribution in [3.8, 4) is 0 Å². The normalized spacial score (nSPS) is 25.4. The fraction of sp³-hybridized carbons (Fsp3) is 0.923. The van der Waals surface area contributed by atoms with E-state index in [1.54, 1.807) is 0 Å². The van der Waals surface area contributed by atoms with Gasteiger partial charge in [-0.3, -0.25) is 4.79 Å². The highest BCUT2D eigenvalue weighted by Crippen LogP contribution is 2.43. The third kappa shape index (κ3) is 2.40. The average Bonchev–Trinajstić information content (AvgIpc) is 2.14. The zero-order chi connectivity index (χ0) is 11.6. The maximum Gasteiger partial charge on any atom is 0.221 e. The molecule has 0 atom stereocenters. The minimum absolute atomic E-state index is 0.155. The molecule has 0 aromatic heterocycles. The van der Waals surface area contributed by atoms with E-state index < -0.39 is 0 Å². The van der Waals surface area contributed by atoms with E-state index >= 15 is 0 Å². The van der Waals surface area contributed by atoms with Gasteiger partial charge in [0, 0.05) is 18.5 Å². The van der Waals surface area contributed by atoms with Gasteiger partial charge in [0.25, 0.3) is 0 Å². The van der Waals surface area contributed by atoms with Crippen molar-refractivity contribution in [2.75, 3.05) is 6.54 Å². The molecule has 0 saturated heterocycles. The number of nitrogens with two attached hydrogens (primary N) is 1. The lowest BCUT2D eigenvalue weighted by Crippen LogP contribution is -2.51. The molecule has 0 aliphatic heterocycles. The highest BCUT2D eigenvalue weighted by molar-refractivity contribution is 5.77. The molecule has 16 heavy (non-hydrogen) atoms. The Kier molecular flexibility index (Phi) is 3.24. The van der Waals surface area contributed by atoms with Crippen LogP contribution in [-0.2, 0) is 4.79 Å². The molecule has 92 valence electrons. The molecule has 0 bridgehead atoms. The lowest BCUT2D eigenvalue weighted by atomic mass is 9.67. The third-order valence-corrected chi connectivity index (χ3v) is 4.69. The summed E-state index contributed by atoms with van der Waals surface area (Å²) >= 11 is 0. The predicted molar refractivity (Wildman–Crippen MR) is 65.0 cm³/mol. The van der Waals surface area contributed by atoms with E-state index in [4.69, 9.17) is 5.73 Å². The quantitative estimate of drug-likeness (QED) is 0.750. The SMILES string of the molecule is CCC1(CNC(=O)CC2(N)CCC2)CCC1. The largest absolute Gasteiger partial charge is 0.355 e. The van der Waals surface area contributed by atoms with Gasteiger partial charge in [-0.15, -0.1) is 0 Å². The van der Waals surface area contributed by atoms with Crippen molar-refractivity contribution in [3.05, 3.63) is 0 Å². The molecule has 2 fully saturated rings. The second kappa shape index (κ2) is 4.36. The van der Waals surface area contributed by atoms with Crippen molar-refractivity contribution < 1.29 is 4.79 Å². The molecule has 0 unspecified atom stereocenters. The van der Waals surface area contributed by atoms with Crippen LogP contribution in [0.25, 0.3) is 0 Å². The highest BCUT2D eigenvalue weighted by Gasteiger charge is 2.37. The Hall–Kier alpha value is -0.570. The van der Waals surface area contributed by atoms with Crippen LogP contribution in [0.2, 0.25) is 0 Å². The van der Waals surface area contributed by atoms with E-state index in [0.717, 1.165) is 19.4 Å². The number of carbonyl (C=O) groups is 1. The van der Waals surface area contributed by atoms with E-state index in [9.17, 15) is 4.79 Å². The van der Waals surface area contributed by atoms with Gasteiger partial charge in [-0.1, -0.05) is 13.3 Å². The van der Waals surface area contributed by atoms with Gasteiger partial charge in [-0.25, -0.2) is 0 Å². The second-order valence-electron chi connectivity index (χ2n) is 5.88. The number of hydrogen-bond donors (Lipinski definition) is 2. The highest BCUT2D eigenvalue weighted by atomic mass is 16.1. The zero-order valence-electron chi connectivity index (χ0n) is 10.3. The standard InChI is InChI=1S/C13H24N2O/c1-2-12(5-3-6-12)10-15-11(16)9-13(14)7-4-8-13/h2-10,14H2,1H3,(H,15,16). The number of rotatable bonds is 5. The molecule has 1 amide bonds. The molecule has 3 nitrogen and oxygen atoms in total. The van der Waals surface area contributed by atoms with Crippen molar-refractivity contribution in [1.29, 1.82) is 0 Å². The molecule has 2 aliphatic rings. The molecule has 0 spiro atoms. The van der Waals surface area contributed by atoms with Crippen LogP contribution in [0.5, 0.6) is 0 Å². The van der Waals surface area contributed by atoms with Crippen molar-refractivity contribution in [3.63, 3.8) is 0 Å². The molecule has 2 saturated carbocycles. The van der Waals surface area contributed by atoms with Crippen LogP contribution < -0.4 is 11.1 Å². The Labute approximate surface area is 98.2 Å². The molecule has 0 aromatic rings. The summed E-state index contributed by atoms with van der Waals surface area (Å²) in [6.45, 7) is 3.08. The molecule has 0 heterocycles. The van der Waals surface area contributed by atoms with Crippen LogP contribution in [0.1, 0.15) is 58.3 Å². The number of nitrogens with one attached hydrogen (secondary N) is 1. The van der Waals surface area contributed by atoms with Crippen LogP contribution in [-0.4, -0.2) is 18.0 Å². The van der Waals surface area contributed by atoms with E-state index in [1.807, 2.05) is 0 Å². The lowest BCUT2D eigenvalue weighted by molar-refractivity contribution is -0.123. The van der Waals surface area contributed by atoms with E-state index in [1.165, 1.54) is 32.1 Å². The van der Waals surface area contributed by atoms with Crippen LogP contribution in [0.15, 0.2) is 0 Å². The fourth-order valence-corrected chi connectivity index (χ4v) is 2.81. The summed E-state index contributed by atoms with van der Waals surface area (Å²) in [5, 5.41) is 3.08. The minimum atomic E-state index is -0.178. The molecule has 2 aliphatic carbocycles. The average molecular weight is 224 g/mol. The summed E-state index contributed by atoms with van der Waals surface area (Å²) in [5.41, 5.74) is 6.30. The molecular weight excluding hydrogens is 200 g/mol. The van der Waals surface area contributed by atoms with Crippen LogP contribution in [0.3, 0.4) is 0 Å². The molecule has 3 N–H and O–H groups in total. The van der Waals surface area contributed by atoms with Gasteiger partial charge in [-0.05, 0) is 43.9 Å². The van der Waals surface area contributed by atoms with Crippen LogP contribution in [0, 0.1) is 5.41 Å². The summed E-state index contributed by atoms with van der Waals surface area (Å²) < 4.78 is 0. The first-order chi connectivity index (χ1) is 7.58. The topological polar surface area (TPSA) is 55.1 Å².